The number of rotatable bonds is 1. The molecule has 94 valence electrons. The molecule has 0 fully saturated rings. The molecule has 1 aromatic carbocycles. The Kier molecular flexibility index (Phi) is 2.73. The molecule has 0 aliphatic rings. The third-order valence-corrected chi connectivity index (χ3v) is 2.83. The Morgan fingerprint density at radius 1 is 1.22 bits per heavy atom. The molecule has 0 saturated heterocycles. The van der Waals surface area contributed by atoms with Gasteiger partial charge in [0.05, 0.1) is 0 Å². The molecule has 4 heteroatoms. The van der Waals surface area contributed by atoms with Gasteiger partial charge in [0.15, 0.2) is 0 Å². The lowest BCUT2D eigenvalue weighted by molar-refractivity contribution is 0.0692. The Bertz CT molecular complexity index is 674. The van der Waals surface area contributed by atoms with Gasteiger partial charge in [0.25, 0.3) is 0 Å². The maximum absolute atomic E-state index is 11.5. The van der Waals surface area contributed by atoms with E-state index in [4.69, 9.17) is 9.52 Å². The molecule has 0 amide bonds. The van der Waals surface area contributed by atoms with Crippen LogP contribution in [-0.4, -0.2) is 11.1 Å². The van der Waals surface area contributed by atoms with Crippen molar-refractivity contribution in [3.63, 3.8) is 0 Å². The Hall–Kier alpha value is -2.10. The molecule has 1 heterocycles. The van der Waals surface area contributed by atoms with Crippen LogP contribution >= 0.6 is 0 Å². The lowest BCUT2D eigenvalue weighted by Crippen LogP contribution is -2.14. The molecule has 0 aliphatic heterocycles. The second-order valence-electron chi connectivity index (χ2n) is 5.26. The summed E-state index contributed by atoms with van der Waals surface area (Å²) in [6, 6.07) is 6.80. The van der Waals surface area contributed by atoms with Crippen molar-refractivity contribution in [1.29, 1.82) is 0 Å². The van der Waals surface area contributed by atoms with Crippen LogP contribution in [0.25, 0.3) is 11.0 Å². The fourth-order valence-corrected chi connectivity index (χ4v) is 1.73. The van der Waals surface area contributed by atoms with Crippen LogP contribution in [-0.2, 0) is 5.41 Å². The van der Waals surface area contributed by atoms with Crippen molar-refractivity contribution in [2.24, 2.45) is 0 Å². The zero-order valence-electron chi connectivity index (χ0n) is 10.5. The first kappa shape index (κ1) is 12.4. The molecule has 18 heavy (non-hydrogen) atoms. The molecule has 0 bridgehead atoms. The minimum Gasteiger partial charge on any atom is -0.477 e. The van der Waals surface area contributed by atoms with Crippen LogP contribution < -0.4 is 5.63 Å². The molecule has 0 radical (unpaired) electrons. The average Bonchev–Trinajstić information content (AvgIpc) is 2.25. The van der Waals surface area contributed by atoms with Crippen LogP contribution in [0.3, 0.4) is 0 Å². The fraction of sp³-hybridized carbons (Fsp3) is 0.286. The van der Waals surface area contributed by atoms with E-state index in [9.17, 15) is 9.59 Å². The van der Waals surface area contributed by atoms with Crippen LogP contribution in [0.5, 0.6) is 0 Å². The van der Waals surface area contributed by atoms with E-state index in [2.05, 4.69) is 20.8 Å². The van der Waals surface area contributed by atoms with Gasteiger partial charge in [-0.2, -0.15) is 0 Å². The highest BCUT2D eigenvalue weighted by Crippen LogP contribution is 2.25. The topological polar surface area (TPSA) is 67.5 Å². The van der Waals surface area contributed by atoms with Gasteiger partial charge in [-0.05, 0) is 23.1 Å². The first-order valence-electron chi connectivity index (χ1n) is 5.61. The maximum atomic E-state index is 11.5. The van der Waals surface area contributed by atoms with Crippen molar-refractivity contribution >= 4 is 16.9 Å². The third kappa shape index (κ3) is 2.14. The van der Waals surface area contributed by atoms with Crippen LogP contribution in [0.1, 0.15) is 36.7 Å². The second-order valence-corrected chi connectivity index (χ2v) is 5.26. The van der Waals surface area contributed by atoms with Crippen molar-refractivity contribution < 1.29 is 14.3 Å². The largest absolute Gasteiger partial charge is 0.477 e. The molecule has 0 aliphatic carbocycles. The Morgan fingerprint density at radius 3 is 2.44 bits per heavy atom. The number of carbonyl (C=O) groups is 1. The molecule has 2 rings (SSSR count). The van der Waals surface area contributed by atoms with Gasteiger partial charge < -0.3 is 9.52 Å². The summed E-state index contributed by atoms with van der Waals surface area (Å²) in [6.07, 6.45) is 0. The van der Waals surface area contributed by atoms with Gasteiger partial charge in [0, 0.05) is 5.39 Å². The highest BCUT2D eigenvalue weighted by molar-refractivity contribution is 5.91. The second kappa shape index (κ2) is 3.98. The van der Waals surface area contributed by atoms with E-state index in [0.29, 0.717) is 11.0 Å². The molecule has 0 atom stereocenters. The van der Waals surface area contributed by atoms with Gasteiger partial charge in [0.1, 0.15) is 11.1 Å². The minimum atomic E-state index is -1.27. The Labute approximate surface area is 104 Å². The maximum Gasteiger partial charge on any atom is 0.351 e. The van der Waals surface area contributed by atoms with E-state index < -0.39 is 11.6 Å². The van der Waals surface area contributed by atoms with Gasteiger partial charge >= 0.3 is 11.6 Å². The quantitative estimate of drug-likeness (QED) is 0.785. The molecular formula is C14H14O4. The highest BCUT2D eigenvalue weighted by atomic mass is 16.4. The minimum absolute atomic E-state index is 0.0573. The van der Waals surface area contributed by atoms with E-state index in [-0.39, 0.29) is 11.0 Å². The molecule has 1 N–H and O–H groups in total. The number of carboxylic acid groups (broad SMARTS) is 1. The van der Waals surface area contributed by atoms with Gasteiger partial charge in [-0.25, -0.2) is 9.59 Å². The fourth-order valence-electron chi connectivity index (χ4n) is 1.73. The number of hydrogen-bond acceptors (Lipinski definition) is 3. The van der Waals surface area contributed by atoms with Gasteiger partial charge in [-0.3, -0.25) is 0 Å². The number of aromatic carboxylic acids is 1. The highest BCUT2D eigenvalue weighted by Gasteiger charge is 2.16. The molecule has 0 saturated carbocycles. The average molecular weight is 246 g/mol. The zero-order valence-corrected chi connectivity index (χ0v) is 10.5. The predicted octanol–water partition coefficient (Wildman–Crippen LogP) is 2.79. The van der Waals surface area contributed by atoms with Crippen LogP contribution in [0.15, 0.2) is 33.5 Å². The smallest absolute Gasteiger partial charge is 0.351 e. The molecule has 4 nitrogen and oxygen atoms in total. The lowest BCUT2D eigenvalue weighted by Gasteiger charge is -2.18. The van der Waals surface area contributed by atoms with Crippen molar-refractivity contribution in [2.75, 3.05) is 0 Å². The van der Waals surface area contributed by atoms with Gasteiger partial charge in [-0.1, -0.05) is 32.9 Å². The third-order valence-electron chi connectivity index (χ3n) is 2.83. The summed E-state index contributed by atoms with van der Waals surface area (Å²) < 4.78 is 5.05. The molecule has 1 aromatic heterocycles. The normalized spacial score (nSPS) is 11.7. The zero-order chi connectivity index (χ0) is 13.5. The van der Waals surface area contributed by atoms with E-state index in [1.807, 2.05) is 6.07 Å². The molecular weight excluding hydrogens is 232 g/mol. The van der Waals surface area contributed by atoms with E-state index in [1.54, 1.807) is 12.1 Å². The van der Waals surface area contributed by atoms with E-state index in [1.165, 1.54) is 6.07 Å². The van der Waals surface area contributed by atoms with Crippen molar-refractivity contribution in [1.82, 2.24) is 0 Å². The lowest BCUT2D eigenvalue weighted by atomic mass is 9.87. The summed E-state index contributed by atoms with van der Waals surface area (Å²) in [5, 5.41) is 9.46. The van der Waals surface area contributed by atoms with Crippen LogP contribution in [0, 0.1) is 0 Å². The number of hydrogen-bond donors (Lipinski definition) is 1. The summed E-state index contributed by atoms with van der Waals surface area (Å²) in [4.78, 5) is 22.3. The van der Waals surface area contributed by atoms with Crippen molar-refractivity contribution in [3.8, 4) is 0 Å². The number of carboxylic acids is 1. The predicted molar refractivity (Wildman–Crippen MR) is 68.1 cm³/mol. The number of fused-ring (bicyclic) bond motifs is 1. The molecule has 0 spiro atoms. The summed E-state index contributed by atoms with van der Waals surface area (Å²) in [5.41, 5.74) is 0.226. The summed E-state index contributed by atoms with van der Waals surface area (Å²) in [6.45, 7) is 6.16. The number of benzene rings is 1. The summed E-state index contributed by atoms with van der Waals surface area (Å²) >= 11 is 0. The molecule has 0 unspecified atom stereocenters. The van der Waals surface area contributed by atoms with Crippen molar-refractivity contribution in [3.05, 3.63) is 45.8 Å². The SMILES string of the molecule is CC(C)(C)c1ccc2cc(C(=O)O)c(=O)oc2c1. The summed E-state index contributed by atoms with van der Waals surface area (Å²) in [7, 11) is 0. The van der Waals surface area contributed by atoms with Crippen molar-refractivity contribution in [2.45, 2.75) is 26.2 Å². The van der Waals surface area contributed by atoms with E-state index in [0.717, 1.165) is 5.56 Å². The summed E-state index contributed by atoms with van der Waals surface area (Å²) in [5.74, 6) is -1.27. The van der Waals surface area contributed by atoms with Gasteiger partial charge in [0.2, 0.25) is 0 Å². The Morgan fingerprint density at radius 2 is 1.89 bits per heavy atom. The van der Waals surface area contributed by atoms with Crippen LogP contribution in [0.4, 0.5) is 0 Å². The van der Waals surface area contributed by atoms with Crippen LogP contribution in [0.2, 0.25) is 0 Å². The first-order valence-corrected chi connectivity index (χ1v) is 5.61. The van der Waals surface area contributed by atoms with Gasteiger partial charge in [-0.15, -0.1) is 0 Å². The Balaban J connectivity index is 2.71. The monoisotopic (exact) mass is 246 g/mol. The van der Waals surface area contributed by atoms with E-state index >= 15 is 0 Å². The standard InChI is InChI=1S/C14H14O4/c1-14(2,3)9-5-4-8-6-10(12(15)16)13(17)18-11(8)7-9/h4-7H,1-3H3,(H,15,16). The first-order chi connectivity index (χ1) is 8.29. The molecule has 2 aromatic rings.